The van der Waals surface area contributed by atoms with Crippen LogP contribution in [0.3, 0.4) is 0 Å². The average Bonchev–Trinajstić information content (AvgIpc) is 2.44. The highest BCUT2D eigenvalue weighted by molar-refractivity contribution is 9.10. The summed E-state index contributed by atoms with van der Waals surface area (Å²) in [5.41, 5.74) is -0.358. The summed E-state index contributed by atoms with van der Waals surface area (Å²) in [7, 11) is 0. The minimum Gasteiger partial charge on any atom is -0.474 e. The van der Waals surface area contributed by atoms with E-state index in [-0.39, 0.29) is 17.5 Å². The van der Waals surface area contributed by atoms with Crippen molar-refractivity contribution in [2.75, 3.05) is 6.61 Å². The molecule has 0 radical (unpaired) electrons. The first-order valence-corrected chi connectivity index (χ1v) is 7.78. The van der Waals surface area contributed by atoms with Crippen LogP contribution in [0.4, 0.5) is 0 Å². The zero-order valence-electron chi connectivity index (χ0n) is 11.9. The molecule has 0 amide bonds. The van der Waals surface area contributed by atoms with Gasteiger partial charge in [-0.15, -0.1) is 0 Å². The molecule has 0 spiro atoms. The Kier molecular flexibility index (Phi) is 5.02. The molecule has 1 fully saturated rings. The first-order chi connectivity index (χ1) is 9.53. The number of halogens is 1. The number of carbonyl (C=O) groups excluding carboxylic acids is 1. The second-order valence-electron chi connectivity index (χ2n) is 5.41. The molecule has 0 aromatic carbocycles. The molecule has 110 valence electrons. The molecule has 0 unspecified atom stereocenters. The van der Waals surface area contributed by atoms with Gasteiger partial charge in [0.2, 0.25) is 5.88 Å². The van der Waals surface area contributed by atoms with Crippen molar-refractivity contribution in [3.8, 4) is 5.88 Å². The normalized spacial score (nSPS) is 26.1. The standard InChI is InChI=1S/C15H20BrNO3/c1-3-19-14(18)15(2)8-6-12(7-9-15)20-13-5-4-11(16)10-17-13/h4-5,10,12H,3,6-9H2,1-2H3. The van der Waals surface area contributed by atoms with Gasteiger partial charge in [-0.05, 0) is 61.5 Å². The van der Waals surface area contributed by atoms with E-state index in [0.29, 0.717) is 12.5 Å². The molecule has 1 saturated carbocycles. The number of hydrogen-bond acceptors (Lipinski definition) is 4. The Labute approximate surface area is 128 Å². The van der Waals surface area contributed by atoms with Crippen molar-refractivity contribution < 1.29 is 14.3 Å². The Balaban J connectivity index is 1.88. The Morgan fingerprint density at radius 1 is 1.45 bits per heavy atom. The molecule has 1 aromatic heterocycles. The lowest BCUT2D eigenvalue weighted by Crippen LogP contribution is -2.37. The third kappa shape index (κ3) is 3.72. The summed E-state index contributed by atoms with van der Waals surface area (Å²) in [6, 6.07) is 3.76. The van der Waals surface area contributed by atoms with E-state index in [1.165, 1.54) is 0 Å². The van der Waals surface area contributed by atoms with E-state index in [4.69, 9.17) is 9.47 Å². The lowest BCUT2D eigenvalue weighted by Gasteiger charge is -2.34. The number of aromatic nitrogens is 1. The van der Waals surface area contributed by atoms with Gasteiger partial charge >= 0.3 is 5.97 Å². The summed E-state index contributed by atoms with van der Waals surface area (Å²) in [6.07, 6.45) is 5.16. The number of nitrogens with zero attached hydrogens (tertiary/aromatic N) is 1. The fourth-order valence-electron chi connectivity index (χ4n) is 2.46. The summed E-state index contributed by atoms with van der Waals surface area (Å²) >= 11 is 3.35. The van der Waals surface area contributed by atoms with Gasteiger partial charge in [0.05, 0.1) is 12.0 Å². The van der Waals surface area contributed by atoms with Crippen LogP contribution in [0.15, 0.2) is 22.8 Å². The predicted octanol–water partition coefficient (Wildman–Crippen LogP) is 3.73. The highest BCUT2D eigenvalue weighted by atomic mass is 79.9. The fraction of sp³-hybridized carbons (Fsp3) is 0.600. The van der Waals surface area contributed by atoms with Crippen molar-refractivity contribution >= 4 is 21.9 Å². The molecule has 0 bridgehead atoms. The summed E-state index contributed by atoms with van der Waals surface area (Å²) in [5, 5.41) is 0. The van der Waals surface area contributed by atoms with Gasteiger partial charge < -0.3 is 9.47 Å². The first kappa shape index (κ1) is 15.3. The number of ether oxygens (including phenoxy) is 2. The Bertz CT molecular complexity index is 453. The molecule has 0 atom stereocenters. The molecule has 2 rings (SSSR count). The summed E-state index contributed by atoms with van der Waals surface area (Å²) < 4.78 is 11.9. The van der Waals surface area contributed by atoms with Crippen LogP contribution in [-0.4, -0.2) is 23.7 Å². The van der Waals surface area contributed by atoms with Crippen molar-refractivity contribution in [1.82, 2.24) is 4.98 Å². The molecule has 1 aliphatic carbocycles. The summed E-state index contributed by atoms with van der Waals surface area (Å²) in [5.74, 6) is 0.554. The lowest BCUT2D eigenvalue weighted by molar-refractivity contribution is -0.157. The topological polar surface area (TPSA) is 48.4 Å². The summed E-state index contributed by atoms with van der Waals surface area (Å²) in [4.78, 5) is 16.2. The van der Waals surface area contributed by atoms with Crippen LogP contribution in [0.25, 0.3) is 0 Å². The summed E-state index contributed by atoms with van der Waals surface area (Å²) in [6.45, 7) is 4.27. The van der Waals surface area contributed by atoms with Crippen LogP contribution in [0.2, 0.25) is 0 Å². The van der Waals surface area contributed by atoms with Gasteiger partial charge in [-0.3, -0.25) is 4.79 Å². The molecule has 1 aromatic rings. The number of pyridine rings is 1. The van der Waals surface area contributed by atoms with Crippen molar-refractivity contribution in [1.29, 1.82) is 0 Å². The number of carbonyl (C=O) groups is 1. The zero-order valence-corrected chi connectivity index (χ0v) is 13.5. The maximum absolute atomic E-state index is 11.9. The van der Waals surface area contributed by atoms with Crippen LogP contribution < -0.4 is 4.74 Å². The second kappa shape index (κ2) is 6.57. The maximum Gasteiger partial charge on any atom is 0.311 e. The monoisotopic (exact) mass is 341 g/mol. The van der Waals surface area contributed by atoms with Crippen LogP contribution >= 0.6 is 15.9 Å². The van der Waals surface area contributed by atoms with Crippen molar-refractivity contribution in [3.63, 3.8) is 0 Å². The van der Waals surface area contributed by atoms with E-state index in [9.17, 15) is 4.79 Å². The Hall–Kier alpha value is -1.10. The van der Waals surface area contributed by atoms with Crippen LogP contribution in [-0.2, 0) is 9.53 Å². The van der Waals surface area contributed by atoms with E-state index in [1.54, 1.807) is 6.20 Å². The number of rotatable bonds is 4. The number of esters is 1. The first-order valence-electron chi connectivity index (χ1n) is 6.99. The molecule has 4 nitrogen and oxygen atoms in total. The van der Waals surface area contributed by atoms with Crippen LogP contribution in [0.1, 0.15) is 39.5 Å². The molecule has 1 aliphatic rings. The third-order valence-electron chi connectivity index (χ3n) is 3.79. The van der Waals surface area contributed by atoms with Gasteiger partial charge in [-0.25, -0.2) is 4.98 Å². The molecule has 0 aliphatic heterocycles. The highest BCUT2D eigenvalue weighted by Crippen LogP contribution is 2.38. The maximum atomic E-state index is 11.9. The predicted molar refractivity (Wildman–Crippen MR) is 79.6 cm³/mol. The number of hydrogen-bond donors (Lipinski definition) is 0. The largest absolute Gasteiger partial charge is 0.474 e. The van der Waals surface area contributed by atoms with Crippen molar-refractivity contribution in [2.24, 2.45) is 5.41 Å². The van der Waals surface area contributed by atoms with Gasteiger partial charge in [0.25, 0.3) is 0 Å². The zero-order chi connectivity index (χ0) is 14.6. The second-order valence-corrected chi connectivity index (χ2v) is 6.33. The van der Waals surface area contributed by atoms with Crippen molar-refractivity contribution in [2.45, 2.75) is 45.6 Å². The molecule has 20 heavy (non-hydrogen) atoms. The molecule has 0 N–H and O–H groups in total. The lowest BCUT2D eigenvalue weighted by atomic mass is 9.75. The molecular formula is C15H20BrNO3. The smallest absolute Gasteiger partial charge is 0.311 e. The van der Waals surface area contributed by atoms with E-state index in [0.717, 1.165) is 30.2 Å². The Morgan fingerprint density at radius 3 is 2.70 bits per heavy atom. The van der Waals surface area contributed by atoms with Gasteiger partial charge in [0.1, 0.15) is 6.10 Å². The van der Waals surface area contributed by atoms with Crippen molar-refractivity contribution in [3.05, 3.63) is 22.8 Å². The van der Waals surface area contributed by atoms with Gasteiger partial charge in [-0.2, -0.15) is 0 Å². The van der Waals surface area contributed by atoms with Gasteiger partial charge in [-0.1, -0.05) is 0 Å². The van der Waals surface area contributed by atoms with E-state index in [2.05, 4.69) is 20.9 Å². The SMILES string of the molecule is CCOC(=O)C1(C)CCC(Oc2ccc(Br)cn2)CC1. The fourth-order valence-corrected chi connectivity index (χ4v) is 2.69. The quantitative estimate of drug-likeness (QED) is 0.782. The van der Waals surface area contributed by atoms with Crippen LogP contribution in [0, 0.1) is 5.41 Å². The Morgan fingerprint density at radius 2 is 2.15 bits per heavy atom. The van der Waals surface area contributed by atoms with E-state index >= 15 is 0 Å². The average molecular weight is 342 g/mol. The molecular weight excluding hydrogens is 322 g/mol. The minimum absolute atomic E-state index is 0.0831. The molecule has 5 heteroatoms. The molecule has 0 saturated heterocycles. The van der Waals surface area contributed by atoms with Crippen LogP contribution in [0.5, 0.6) is 5.88 Å². The van der Waals surface area contributed by atoms with E-state index < -0.39 is 0 Å². The molecule has 1 heterocycles. The minimum atomic E-state index is -0.358. The highest BCUT2D eigenvalue weighted by Gasteiger charge is 2.39. The van der Waals surface area contributed by atoms with Gasteiger partial charge in [0.15, 0.2) is 0 Å². The third-order valence-corrected chi connectivity index (χ3v) is 4.26. The van der Waals surface area contributed by atoms with E-state index in [1.807, 2.05) is 26.0 Å². The van der Waals surface area contributed by atoms with Gasteiger partial charge in [0, 0.05) is 16.7 Å².